The molecule has 4 rings (SSSR count). The summed E-state index contributed by atoms with van der Waals surface area (Å²) in [5, 5.41) is 9.75. The summed E-state index contributed by atoms with van der Waals surface area (Å²) in [5.74, 6) is -0.0377. The molecule has 1 unspecified atom stereocenters. The van der Waals surface area contributed by atoms with Crippen molar-refractivity contribution in [2.75, 3.05) is 25.0 Å². The monoisotopic (exact) mass is 378 g/mol. The van der Waals surface area contributed by atoms with Gasteiger partial charge >= 0.3 is 0 Å². The molecule has 1 N–H and O–H groups in total. The van der Waals surface area contributed by atoms with Gasteiger partial charge in [0.1, 0.15) is 0 Å². The summed E-state index contributed by atoms with van der Waals surface area (Å²) < 4.78 is 0. The number of hydrogen-bond donors (Lipinski definition) is 1. The van der Waals surface area contributed by atoms with Crippen molar-refractivity contribution in [1.82, 2.24) is 4.90 Å². The highest BCUT2D eigenvalue weighted by molar-refractivity contribution is 6.09. The number of fused-ring (bicyclic) bond motifs is 1. The Morgan fingerprint density at radius 1 is 1.07 bits per heavy atom. The van der Waals surface area contributed by atoms with Crippen LogP contribution in [0.5, 0.6) is 0 Å². The van der Waals surface area contributed by atoms with Crippen LogP contribution in [0.4, 0.5) is 5.69 Å². The highest BCUT2D eigenvalue weighted by atomic mass is 16.3. The van der Waals surface area contributed by atoms with Gasteiger partial charge in [0, 0.05) is 32.2 Å². The van der Waals surface area contributed by atoms with Crippen molar-refractivity contribution in [2.24, 2.45) is 0 Å². The first-order valence-corrected chi connectivity index (χ1v) is 9.89. The van der Waals surface area contributed by atoms with Gasteiger partial charge in [0.2, 0.25) is 11.8 Å². The normalized spacial score (nSPS) is 22.4. The fraction of sp³-hybridized carbons (Fsp3) is 0.391. The number of aliphatic hydroxyl groups excluding tert-OH is 1. The molecule has 1 fully saturated rings. The number of piperidine rings is 1. The van der Waals surface area contributed by atoms with Crippen LogP contribution >= 0.6 is 0 Å². The topological polar surface area (TPSA) is 60.9 Å². The average molecular weight is 378 g/mol. The molecule has 2 heterocycles. The summed E-state index contributed by atoms with van der Waals surface area (Å²) in [6.45, 7) is 1.10. The van der Waals surface area contributed by atoms with Gasteiger partial charge in [0.05, 0.1) is 11.5 Å². The summed E-state index contributed by atoms with van der Waals surface area (Å²) in [4.78, 5) is 30.2. The zero-order valence-corrected chi connectivity index (χ0v) is 16.2. The molecule has 2 aliphatic heterocycles. The third-order valence-electron chi connectivity index (χ3n) is 6.11. The number of carbonyl (C=O) groups is 2. The van der Waals surface area contributed by atoms with Crippen LogP contribution < -0.4 is 4.90 Å². The molecule has 0 spiro atoms. The number of nitrogens with zero attached hydrogens (tertiary/aromatic N) is 2. The van der Waals surface area contributed by atoms with E-state index in [-0.39, 0.29) is 24.3 Å². The molecule has 1 atom stereocenters. The number of hydrogen-bond acceptors (Lipinski definition) is 3. The third-order valence-corrected chi connectivity index (χ3v) is 6.11. The lowest BCUT2D eigenvalue weighted by Crippen LogP contribution is -2.47. The molecular weight excluding hydrogens is 352 g/mol. The molecule has 2 aromatic carbocycles. The van der Waals surface area contributed by atoms with Crippen LogP contribution in [0.25, 0.3) is 0 Å². The number of likely N-dealkylation sites (N-methyl/N-ethyl adjacent to an activating group) is 1. The summed E-state index contributed by atoms with van der Waals surface area (Å²) in [6, 6.07) is 17.7. The Kier molecular flexibility index (Phi) is 4.94. The maximum atomic E-state index is 13.5. The van der Waals surface area contributed by atoms with E-state index in [4.69, 9.17) is 0 Å². The molecule has 5 heteroatoms. The lowest BCUT2D eigenvalue weighted by Gasteiger charge is -2.34. The fourth-order valence-corrected chi connectivity index (χ4v) is 4.55. The zero-order valence-electron chi connectivity index (χ0n) is 16.2. The van der Waals surface area contributed by atoms with E-state index in [0.717, 1.165) is 16.8 Å². The Bertz CT molecular complexity index is 874. The lowest BCUT2D eigenvalue weighted by atomic mass is 9.73. The van der Waals surface area contributed by atoms with Crippen LogP contribution in [-0.4, -0.2) is 48.1 Å². The van der Waals surface area contributed by atoms with Crippen LogP contribution in [0.1, 0.15) is 30.4 Å². The maximum absolute atomic E-state index is 13.5. The predicted octanol–water partition coefficient (Wildman–Crippen LogP) is 2.52. The van der Waals surface area contributed by atoms with Gasteiger partial charge in [-0.1, -0.05) is 48.5 Å². The summed E-state index contributed by atoms with van der Waals surface area (Å²) in [7, 11) is 1.79. The molecule has 0 aromatic heterocycles. The van der Waals surface area contributed by atoms with E-state index in [0.29, 0.717) is 32.4 Å². The Morgan fingerprint density at radius 3 is 2.43 bits per heavy atom. The molecule has 2 amide bonds. The molecule has 0 aliphatic carbocycles. The first-order chi connectivity index (χ1) is 13.5. The van der Waals surface area contributed by atoms with Gasteiger partial charge in [-0.05, 0) is 36.5 Å². The molecule has 28 heavy (non-hydrogen) atoms. The minimum absolute atomic E-state index is 0.0127. The number of anilines is 1. The molecule has 2 aromatic rings. The first kappa shape index (κ1) is 18.7. The van der Waals surface area contributed by atoms with Crippen LogP contribution in [0, 0.1) is 0 Å². The number of amides is 2. The Labute approximate surface area is 165 Å². The second kappa shape index (κ2) is 7.40. The minimum Gasteiger partial charge on any atom is -0.393 e. The van der Waals surface area contributed by atoms with Gasteiger partial charge < -0.3 is 14.9 Å². The number of benzene rings is 2. The van der Waals surface area contributed by atoms with E-state index in [1.165, 1.54) is 0 Å². The number of aliphatic hydroxyl groups is 1. The SMILES string of the molecule is CN1C(=O)C(CC(=O)N2CCC(O)CC2)(Cc2ccccc2)c2ccccc21. The highest BCUT2D eigenvalue weighted by Crippen LogP contribution is 2.45. The second-order valence-electron chi connectivity index (χ2n) is 7.91. The van der Waals surface area contributed by atoms with E-state index < -0.39 is 5.41 Å². The van der Waals surface area contributed by atoms with E-state index in [2.05, 4.69) is 0 Å². The molecule has 0 radical (unpaired) electrons. The van der Waals surface area contributed by atoms with Crippen molar-refractivity contribution in [2.45, 2.75) is 37.2 Å². The van der Waals surface area contributed by atoms with Crippen molar-refractivity contribution < 1.29 is 14.7 Å². The molecule has 0 saturated carbocycles. The van der Waals surface area contributed by atoms with Crippen molar-refractivity contribution in [3.63, 3.8) is 0 Å². The van der Waals surface area contributed by atoms with Gasteiger partial charge in [0.15, 0.2) is 0 Å². The van der Waals surface area contributed by atoms with Gasteiger partial charge in [-0.3, -0.25) is 9.59 Å². The third kappa shape index (κ3) is 3.20. The Balaban J connectivity index is 1.71. The van der Waals surface area contributed by atoms with Gasteiger partial charge in [-0.25, -0.2) is 0 Å². The van der Waals surface area contributed by atoms with Crippen molar-refractivity contribution >= 4 is 17.5 Å². The van der Waals surface area contributed by atoms with Crippen LogP contribution in [-0.2, 0) is 21.4 Å². The Hall–Kier alpha value is -2.66. The fourth-order valence-electron chi connectivity index (χ4n) is 4.55. The highest BCUT2D eigenvalue weighted by Gasteiger charge is 2.51. The molecule has 1 saturated heterocycles. The van der Waals surface area contributed by atoms with Gasteiger partial charge in [0.25, 0.3) is 0 Å². The summed E-state index contributed by atoms with van der Waals surface area (Å²) in [6.07, 6.45) is 1.51. The number of likely N-dealkylation sites (tertiary alicyclic amines) is 1. The van der Waals surface area contributed by atoms with E-state index >= 15 is 0 Å². The molecule has 2 aliphatic rings. The van der Waals surface area contributed by atoms with E-state index in [9.17, 15) is 14.7 Å². The van der Waals surface area contributed by atoms with Crippen molar-refractivity contribution in [3.8, 4) is 0 Å². The van der Waals surface area contributed by atoms with E-state index in [1.807, 2.05) is 54.6 Å². The second-order valence-corrected chi connectivity index (χ2v) is 7.91. The maximum Gasteiger partial charge on any atom is 0.238 e. The molecular formula is C23H26N2O3. The number of carbonyl (C=O) groups excluding carboxylic acids is 2. The van der Waals surface area contributed by atoms with Crippen LogP contribution in [0.3, 0.4) is 0 Å². The largest absolute Gasteiger partial charge is 0.393 e. The number of para-hydroxylation sites is 1. The summed E-state index contributed by atoms with van der Waals surface area (Å²) >= 11 is 0. The zero-order chi connectivity index (χ0) is 19.7. The van der Waals surface area contributed by atoms with Crippen LogP contribution in [0.2, 0.25) is 0 Å². The quantitative estimate of drug-likeness (QED) is 0.889. The van der Waals surface area contributed by atoms with Crippen molar-refractivity contribution in [1.29, 1.82) is 0 Å². The minimum atomic E-state index is -0.889. The van der Waals surface area contributed by atoms with Gasteiger partial charge in [-0.15, -0.1) is 0 Å². The summed E-state index contributed by atoms with van der Waals surface area (Å²) in [5.41, 5.74) is 1.96. The van der Waals surface area contributed by atoms with Crippen molar-refractivity contribution in [3.05, 3.63) is 65.7 Å². The van der Waals surface area contributed by atoms with Crippen LogP contribution in [0.15, 0.2) is 54.6 Å². The Morgan fingerprint density at radius 2 is 1.71 bits per heavy atom. The lowest BCUT2D eigenvalue weighted by molar-refractivity contribution is -0.137. The standard InChI is InChI=1S/C23H26N2O3/c1-24-20-10-6-5-9-19(20)23(22(24)28,15-17-7-3-2-4-8-17)16-21(27)25-13-11-18(26)12-14-25/h2-10,18,26H,11-16H2,1H3. The molecule has 5 nitrogen and oxygen atoms in total. The van der Waals surface area contributed by atoms with E-state index in [1.54, 1.807) is 16.8 Å². The van der Waals surface area contributed by atoms with Gasteiger partial charge in [-0.2, -0.15) is 0 Å². The average Bonchev–Trinajstić information content (AvgIpc) is 2.92. The predicted molar refractivity (Wildman–Crippen MR) is 108 cm³/mol. The molecule has 146 valence electrons. The number of rotatable bonds is 4. The first-order valence-electron chi connectivity index (χ1n) is 9.89. The molecule has 0 bridgehead atoms. The smallest absolute Gasteiger partial charge is 0.238 e.